The lowest BCUT2D eigenvalue weighted by atomic mass is 9.94. The fourth-order valence-corrected chi connectivity index (χ4v) is 3.36. The van der Waals surface area contributed by atoms with E-state index < -0.39 is 0 Å². The normalized spacial score (nSPS) is 18.9. The Labute approximate surface area is 139 Å². The maximum atomic E-state index is 12.9. The number of Topliss-reactive ketones (excluding diaryl/α,β-unsaturated/α-hetero) is 1. The Morgan fingerprint density at radius 3 is 2.65 bits per heavy atom. The van der Waals surface area contributed by atoms with Crippen LogP contribution in [0.1, 0.15) is 27.5 Å². The highest BCUT2D eigenvalue weighted by Crippen LogP contribution is 2.40. The Kier molecular flexibility index (Phi) is 3.16. The first-order chi connectivity index (χ1) is 11.2. The zero-order valence-electron chi connectivity index (χ0n) is 12.4. The summed E-state index contributed by atoms with van der Waals surface area (Å²) in [4.78, 5) is 12.9. The predicted molar refractivity (Wildman–Crippen MR) is 92.3 cm³/mol. The molecule has 0 bridgehead atoms. The average Bonchev–Trinajstić information content (AvgIpc) is 2.87. The summed E-state index contributed by atoms with van der Waals surface area (Å²) in [6, 6.07) is 15.0. The largest absolute Gasteiger partial charge is 0.497 e. The van der Waals surface area contributed by atoms with Gasteiger partial charge in [-0.1, -0.05) is 36.4 Å². The van der Waals surface area contributed by atoms with E-state index in [1.54, 1.807) is 7.11 Å². The zero-order valence-corrected chi connectivity index (χ0v) is 13.2. The molecule has 0 fully saturated rings. The third-order valence-corrected chi connectivity index (χ3v) is 4.40. The topological polar surface area (TPSA) is 50.4 Å². The van der Waals surface area contributed by atoms with E-state index >= 15 is 0 Å². The Balaban J connectivity index is 1.87. The van der Waals surface area contributed by atoms with Gasteiger partial charge in [-0.05, 0) is 29.9 Å². The van der Waals surface area contributed by atoms with Crippen molar-refractivity contribution in [1.29, 1.82) is 0 Å². The predicted octanol–water partition coefficient (Wildman–Crippen LogP) is 2.82. The second-order valence-corrected chi connectivity index (χ2v) is 5.88. The summed E-state index contributed by atoms with van der Waals surface area (Å²) in [5.41, 5.74) is 4.07. The third kappa shape index (κ3) is 2.12. The van der Waals surface area contributed by atoms with Gasteiger partial charge in [-0.15, -0.1) is 0 Å². The Hall–Kier alpha value is -2.66. The summed E-state index contributed by atoms with van der Waals surface area (Å²) in [5, 5.41) is 6.86. The highest BCUT2D eigenvalue weighted by Gasteiger charge is 2.38. The highest BCUT2D eigenvalue weighted by atomic mass is 32.1. The first kappa shape index (κ1) is 14.0. The molecule has 0 aromatic heterocycles. The van der Waals surface area contributed by atoms with Crippen LogP contribution in [-0.2, 0) is 0 Å². The fraction of sp³-hybridized carbons (Fsp3) is 0.111. The first-order valence-corrected chi connectivity index (χ1v) is 7.69. The van der Waals surface area contributed by atoms with Crippen molar-refractivity contribution in [3.8, 4) is 5.75 Å². The number of nitrogens with one attached hydrogen (secondary N) is 2. The minimum Gasteiger partial charge on any atom is -0.497 e. The molecule has 0 saturated carbocycles. The summed E-state index contributed by atoms with van der Waals surface area (Å²) in [5.74, 6) is 0.782. The number of benzene rings is 2. The first-order valence-electron chi connectivity index (χ1n) is 7.29. The van der Waals surface area contributed by atoms with Crippen molar-refractivity contribution < 1.29 is 9.53 Å². The van der Waals surface area contributed by atoms with Crippen molar-refractivity contribution >= 4 is 28.8 Å². The number of ketones is 1. The van der Waals surface area contributed by atoms with Gasteiger partial charge in [0.15, 0.2) is 10.9 Å². The molecule has 0 unspecified atom stereocenters. The number of thiocarbonyl (C=S) groups is 1. The molecule has 1 atom stereocenters. The van der Waals surface area contributed by atoms with Crippen molar-refractivity contribution in [2.45, 2.75) is 6.04 Å². The van der Waals surface area contributed by atoms with E-state index in [0.29, 0.717) is 16.2 Å². The highest BCUT2D eigenvalue weighted by molar-refractivity contribution is 7.80. The number of hydrogen-bond acceptors (Lipinski definition) is 3. The minimum atomic E-state index is -0.284. The molecule has 23 heavy (non-hydrogen) atoms. The number of ether oxygens (including phenoxy) is 1. The fourth-order valence-electron chi connectivity index (χ4n) is 3.14. The molecule has 2 aromatic rings. The summed E-state index contributed by atoms with van der Waals surface area (Å²) in [7, 11) is 1.63. The Morgan fingerprint density at radius 2 is 1.87 bits per heavy atom. The van der Waals surface area contributed by atoms with E-state index in [9.17, 15) is 4.79 Å². The van der Waals surface area contributed by atoms with Gasteiger partial charge in [0.1, 0.15) is 5.75 Å². The molecule has 0 saturated heterocycles. The van der Waals surface area contributed by atoms with Crippen LogP contribution in [0.4, 0.5) is 0 Å². The van der Waals surface area contributed by atoms with E-state index in [4.69, 9.17) is 17.0 Å². The van der Waals surface area contributed by atoms with E-state index in [0.717, 1.165) is 22.6 Å². The van der Waals surface area contributed by atoms with Crippen LogP contribution in [0, 0.1) is 0 Å². The van der Waals surface area contributed by atoms with E-state index in [1.807, 2.05) is 48.5 Å². The van der Waals surface area contributed by atoms with E-state index in [1.165, 1.54) is 0 Å². The number of carbonyl (C=O) groups excluding carboxylic acids is 1. The second-order valence-electron chi connectivity index (χ2n) is 5.47. The second kappa shape index (κ2) is 5.21. The minimum absolute atomic E-state index is 0.0333. The molecule has 4 rings (SSSR count). The van der Waals surface area contributed by atoms with Gasteiger partial charge in [-0.2, -0.15) is 0 Å². The number of carbonyl (C=O) groups is 1. The molecule has 114 valence electrons. The van der Waals surface area contributed by atoms with Crippen LogP contribution in [0.2, 0.25) is 0 Å². The number of hydrogen-bond donors (Lipinski definition) is 2. The molecule has 5 heteroatoms. The van der Waals surface area contributed by atoms with Gasteiger partial charge in [0.25, 0.3) is 0 Å². The summed E-state index contributed by atoms with van der Waals surface area (Å²) in [6.07, 6.45) is 0. The van der Waals surface area contributed by atoms with Crippen LogP contribution in [0.5, 0.6) is 5.75 Å². The van der Waals surface area contributed by atoms with Crippen molar-refractivity contribution in [2.24, 2.45) is 0 Å². The summed E-state index contributed by atoms with van der Waals surface area (Å²) < 4.78 is 5.30. The molecule has 2 N–H and O–H groups in total. The lowest BCUT2D eigenvalue weighted by Gasteiger charge is -2.28. The molecule has 1 aliphatic heterocycles. The lowest BCUT2D eigenvalue weighted by Crippen LogP contribution is -2.43. The van der Waals surface area contributed by atoms with Gasteiger partial charge in [-0.25, -0.2) is 0 Å². The van der Waals surface area contributed by atoms with Crippen LogP contribution in [-0.4, -0.2) is 18.0 Å². The van der Waals surface area contributed by atoms with Gasteiger partial charge in [0.2, 0.25) is 0 Å². The smallest absolute Gasteiger partial charge is 0.194 e. The van der Waals surface area contributed by atoms with Gasteiger partial charge >= 0.3 is 0 Å². The molecule has 4 nitrogen and oxygen atoms in total. The quantitative estimate of drug-likeness (QED) is 0.833. The SMILES string of the molecule is COc1cccc([C@H]2NC(=S)NC3=C2C(=O)c2ccccc23)c1. The van der Waals surface area contributed by atoms with Crippen LogP contribution in [0.15, 0.2) is 54.1 Å². The number of methoxy groups -OCH3 is 1. The Bertz CT molecular complexity index is 873. The van der Waals surface area contributed by atoms with Crippen molar-refractivity contribution in [3.63, 3.8) is 0 Å². The molecule has 0 radical (unpaired) electrons. The van der Waals surface area contributed by atoms with E-state index in [-0.39, 0.29) is 11.8 Å². The van der Waals surface area contributed by atoms with Crippen molar-refractivity contribution in [2.75, 3.05) is 7.11 Å². The average molecular weight is 322 g/mol. The van der Waals surface area contributed by atoms with Crippen molar-refractivity contribution in [1.82, 2.24) is 10.6 Å². The molecule has 2 aromatic carbocycles. The monoisotopic (exact) mass is 322 g/mol. The van der Waals surface area contributed by atoms with Crippen LogP contribution >= 0.6 is 12.2 Å². The van der Waals surface area contributed by atoms with Crippen LogP contribution in [0.25, 0.3) is 5.70 Å². The standard InChI is InChI=1S/C18H14N2O2S/c1-22-11-6-4-5-10(9-11)15-14-16(20-18(23)19-15)12-7-2-3-8-13(12)17(14)21/h2-9,15H,1H3,(H2,19,20,23)/t15-/m1/s1. The van der Waals surface area contributed by atoms with Gasteiger partial charge in [0, 0.05) is 11.1 Å². The van der Waals surface area contributed by atoms with Crippen LogP contribution in [0.3, 0.4) is 0 Å². The molecule has 0 amide bonds. The van der Waals surface area contributed by atoms with Crippen molar-refractivity contribution in [3.05, 3.63) is 70.8 Å². The lowest BCUT2D eigenvalue weighted by molar-refractivity contribution is 0.103. The molecule has 1 heterocycles. The van der Waals surface area contributed by atoms with E-state index in [2.05, 4.69) is 10.6 Å². The van der Waals surface area contributed by atoms with Gasteiger partial charge < -0.3 is 15.4 Å². The van der Waals surface area contributed by atoms with Gasteiger partial charge in [0.05, 0.1) is 24.4 Å². The zero-order chi connectivity index (χ0) is 16.0. The Morgan fingerprint density at radius 1 is 1.09 bits per heavy atom. The molecule has 2 aliphatic rings. The summed E-state index contributed by atoms with van der Waals surface area (Å²) >= 11 is 5.34. The number of rotatable bonds is 2. The molecule has 1 aliphatic carbocycles. The maximum Gasteiger partial charge on any atom is 0.194 e. The molecular formula is C18H14N2O2S. The number of fused-ring (bicyclic) bond motifs is 2. The van der Waals surface area contributed by atoms with Crippen LogP contribution < -0.4 is 15.4 Å². The third-order valence-electron chi connectivity index (χ3n) is 4.18. The summed E-state index contributed by atoms with van der Waals surface area (Å²) in [6.45, 7) is 0. The van der Waals surface area contributed by atoms with Gasteiger partial charge in [-0.3, -0.25) is 4.79 Å². The molecular weight excluding hydrogens is 308 g/mol. The molecule has 0 spiro atoms. The maximum absolute atomic E-state index is 12.9.